The molecule has 0 saturated carbocycles. The van der Waals surface area contributed by atoms with Crippen molar-refractivity contribution in [2.45, 2.75) is 59.9 Å². The molecule has 0 aliphatic heterocycles. The minimum atomic E-state index is -0.109. The van der Waals surface area contributed by atoms with Crippen molar-refractivity contribution in [2.75, 3.05) is 18.5 Å². The van der Waals surface area contributed by atoms with Crippen LogP contribution >= 0.6 is 0 Å². The van der Waals surface area contributed by atoms with E-state index in [4.69, 9.17) is 9.47 Å². The Balaban J connectivity index is 1.73. The normalized spacial score (nSPS) is 11.0. The van der Waals surface area contributed by atoms with E-state index in [9.17, 15) is 4.79 Å². The number of nitrogens with zero attached hydrogens (tertiary/aromatic N) is 1. The number of rotatable bonds is 11. The molecule has 0 atom stereocenters. The highest BCUT2D eigenvalue weighted by atomic mass is 16.5. The van der Waals surface area contributed by atoms with Crippen molar-refractivity contribution in [3.8, 4) is 11.5 Å². The van der Waals surface area contributed by atoms with Gasteiger partial charge in [0.2, 0.25) is 0 Å². The van der Waals surface area contributed by atoms with Crippen molar-refractivity contribution in [1.82, 2.24) is 4.57 Å². The van der Waals surface area contributed by atoms with E-state index in [-0.39, 0.29) is 5.91 Å². The Kier molecular flexibility index (Phi) is 7.99. The number of amides is 1. The first kappa shape index (κ1) is 22.7. The van der Waals surface area contributed by atoms with Gasteiger partial charge in [-0.2, -0.15) is 0 Å². The maximum absolute atomic E-state index is 13.2. The van der Waals surface area contributed by atoms with Crippen LogP contribution in [0.25, 0.3) is 10.9 Å². The summed E-state index contributed by atoms with van der Waals surface area (Å²) < 4.78 is 13.5. The van der Waals surface area contributed by atoms with Gasteiger partial charge in [0.15, 0.2) is 0 Å². The van der Waals surface area contributed by atoms with Crippen LogP contribution in [0.3, 0.4) is 0 Å². The van der Waals surface area contributed by atoms with Crippen molar-refractivity contribution < 1.29 is 14.3 Å². The Morgan fingerprint density at radius 1 is 0.935 bits per heavy atom. The number of carbonyl (C=O) groups is 1. The Hall–Kier alpha value is -2.95. The molecule has 0 spiro atoms. The fourth-order valence-corrected chi connectivity index (χ4v) is 3.92. The molecule has 166 valence electrons. The molecule has 5 heteroatoms. The van der Waals surface area contributed by atoms with Crippen molar-refractivity contribution in [3.63, 3.8) is 0 Å². The lowest BCUT2D eigenvalue weighted by atomic mass is 10.1. The molecular formula is C26H34N2O3. The maximum Gasteiger partial charge on any atom is 0.272 e. The minimum absolute atomic E-state index is 0.109. The van der Waals surface area contributed by atoms with Crippen LogP contribution in [0.2, 0.25) is 0 Å². The van der Waals surface area contributed by atoms with E-state index in [2.05, 4.69) is 23.7 Å². The van der Waals surface area contributed by atoms with Crippen LogP contribution in [0.1, 0.15) is 62.5 Å². The second-order valence-electron chi connectivity index (χ2n) is 7.72. The predicted octanol–water partition coefficient (Wildman–Crippen LogP) is 6.58. The molecule has 0 unspecified atom stereocenters. The van der Waals surface area contributed by atoms with Gasteiger partial charge >= 0.3 is 0 Å². The van der Waals surface area contributed by atoms with Crippen LogP contribution in [-0.4, -0.2) is 23.7 Å². The fraction of sp³-hybridized carbons (Fsp3) is 0.423. The topological polar surface area (TPSA) is 52.5 Å². The number of hydrogen-bond donors (Lipinski definition) is 1. The molecule has 2 aromatic carbocycles. The zero-order valence-electron chi connectivity index (χ0n) is 19.2. The molecule has 0 fully saturated rings. The molecule has 1 heterocycles. The van der Waals surface area contributed by atoms with Crippen molar-refractivity contribution >= 4 is 22.5 Å². The highest BCUT2D eigenvalue weighted by Crippen LogP contribution is 2.30. The molecule has 1 aromatic heterocycles. The third-order valence-electron chi connectivity index (χ3n) is 5.51. The first-order valence-corrected chi connectivity index (χ1v) is 11.4. The van der Waals surface area contributed by atoms with Gasteiger partial charge in [-0.15, -0.1) is 0 Å². The molecule has 31 heavy (non-hydrogen) atoms. The lowest BCUT2D eigenvalue weighted by Crippen LogP contribution is -2.17. The summed E-state index contributed by atoms with van der Waals surface area (Å²) in [4.78, 5) is 13.2. The Labute approximate surface area is 185 Å². The minimum Gasteiger partial charge on any atom is -0.494 e. The van der Waals surface area contributed by atoms with Gasteiger partial charge in [-0.1, -0.05) is 26.2 Å². The number of hydrogen-bond acceptors (Lipinski definition) is 3. The molecular weight excluding hydrogens is 388 g/mol. The number of benzene rings is 2. The number of carbonyl (C=O) groups excluding carboxylic acids is 1. The summed E-state index contributed by atoms with van der Waals surface area (Å²) in [7, 11) is 0. The zero-order chi connectivity index (χ0) is 22.2. The smallest absolute Gasteiger partial charge is 0.272 e. The van der Waals surface area contributed by atoms with E-state index < -0.39 is 0 Å². The third-order valence-corrected chi connectivity index (χ3v) is 5.51. The van der Waals surface area contributed by atoms with Gasteiger partial charge in [0, 0.05) is 23.1 Å². The number of anilines is 1. The van der Waals surface area contributed by atoms with Crippen LogP contribution < -0.4 is 14.8 Å². The molecule has 0 aliphatic carbocycles. The monoisotopic (exact) mass is 422 g/mol. The van der Waals surface area contributed by atoms with E-state index in [1.165, 1.54) is 19.3 Å². The number of nitrogens with one attached hydrogen (secondary N) is 1. The van der Waals surface area contributed by atoms with Crippen molar-refractivity contribution in [2.24, 2.45) is 0 Å². The largest absolute Gasteiger partial charge is 0.494 e. The van der Waals surface area contributed by atoms with E-state index >= 15 is 0 Å². The molecule has 0 saturated heterocycles. The molecule has 1 amide bonds. The van der Waals surface area contributed by atoms with Crippen LogP contribution in [-0.2, 0) is 6.54 Å². The van der Waals surface area contributed by atoms with Crippen molar-refractivity contribution in [3.05, 3.63) is 53.7 Å². The molecule has 5 nitrogen and oxygen atoms in total. The molecule has 3 aromatic rings. The van der Waals surface area contributed by atoms with Gasteiger partial charge in [0.05, 0.1) is 13.2 Å². The van der Waals surface area contributed by atoms with Gasteiger partial charge in [0.25, 0.3) is 5.91 Å². The maximum atomic E-state index is 13.2. The summed E-state index contributed by atoms with van der Waals surface area (Å²) in [6, 6.07) is 13.6. The standard InChI is InChI=1S/C26H34N2O3/c1-5-8-9-10-17-31-21-13-11-20(12-14-21)27-26(29)25-19(4)23-18-22(30-7-3)15-16-24(23)28(25)6-2/h11-16,18H,5-10,17H2,1-4H3,(H,27,29). The molecule has 1 N–H and O–H groups in total. The van der Waals surface area contributed by atoms with E-state index in [1.54, 1.807) is 0 Å². The quantitative estimate of drug-likeness (QED) is 0.355. The lowest BCUT2D eigenvalue weighted by molar-refractivity contribution is 0.101. The van der Waals surface area contributed by atoms with Crippen LogP contribution in [0.5, 0.6) is 11.5 Å². The first-order chi connectivity index (χ1) is 15.1. The van der Waals surface area contributed by atoms with Crippen LogP contribution in [0.15, 0.2) is 42.5 Å². The van der Waals surface area contributed by atoms with Gasteiger partial charge in [-0.05, 0) is 75.2 Å². The highest BCUT2D eigenvalue weighted by molar-refractivity contribution is 6.08. The predicted molar refractivity (Wildman–Crippen MR) is 128 cm³/mol. The summed E-state index contributed by atoms with van der Waals surface area (Å²) in [5.74, 6) is 1.54. The number of unbranched alkanes of at least 4 members (excludes halogenated alkanes) is 3. The Morgan fingerprint density at radius 3 is 2.35 bits per heavy atom. The van der Waals surface area contributed by atoms with Gasteiger partial charge in [0.1, 0.15) is 17.2 Å². The summed E-state index contributed by atoms with van der Waals surface area (Å²) >= 11 is 0. The molecule has 0 aliphatic rings. The van der Waals surface area contributed by atoms with E-state index in [1.807, 2.05) is 56.3 Å². The number of aryl methyl sites for hydroxylation is 2. The second kappa shape index (κ2) is 10.9. The van der Waals surface area contributed by atoms with Gasteiger partial charge in [-0.3, -0.25) is 4.79 Å². The SMILES string of the molecule is CCCCCCOc1ccc(NC(=O)c2c(C)c3cc(OCC)ccc3n2CC)cc1. The third kappa shape index (κ3) is 5.40. The molecule has 3 rings (SSSR count). The van der Waals surface area contributed by atoms with Gasteiger partial charge in [-0.25, -0.2) is 0 Å². The average Bonchev–Trinajstić information content (AvgIpc) is 3.06. The fourth-order valence-electron chi connectivity index (χ4n) is 3.92. The average molecular weight is 423 g/mol. The summed E-state index contributed by atoms with van der Waals surface area (Å²) in [6.07, 6.45) is 4.73. The van der Waals surface area contributed by atoms with Gasteiger partial charge < -0.3 is 19.4 Å². The zero-order valence-corrected chi connectivity index (χ0v) is 19.2. The second-order valence-corrected chi connectivity index (χ2v) is 7.72. The van der Waals surface area contributed by atoms with Crippen molar-refractivity contribution in [1.29, 1.82) is 0 Å². The number of fused-ring (bicyclic) bond motifs is 1. The number of ether oxygens (including phenoxy) is 2. The van der Waals surface area contributed by atoms with Crippen LogP contribution in [0.4, 0.5) is 5.69 Å². The summed E-state index contributed by atoms with van der Waals surface area (Å²) in [6.45, 7) is 10.3. The Bertz CT molecular complexity index is 1010. The van der Waals surface area contributed by atoms with E-state index in [0.29, 0.717) is 18.8 Å². The first-order valence-electron chi connectivity index (χ1n) is 11.4. The van der Waals surface area contributed by atoms with E-state index in [0.717, 1.165) is 46.7 Å². The lowest BCUT2D eigenvalue weighted by Gasteiger charge is -2.11. The number of aromatic nitrogens is 1. The summed E-state index contributed by atoms with van der Waals surface area (Å²) in [5.41, 5.74) is 3.44. The highest BCUT2D eigenvalue weighted by Gasteiger charge is 2.20. The molecule has 0 bridgehead atoms. The summed E-state index contributed by atoms with van der Waals surface area (Å²) in [5, 5.41) is 4.09. The Morgan fingerprint density at radius 2 is 1.68 bits per heavy atom. The molecule has 0 radical (unpaired) electrons. The van der Waals surface area contributed by atoms with Crippen LogP contribution in [0, 0.1) is 6.92 Å².